The zero-order valence-corrected chi connectivity index (χ0v) is 19.4. The first-order valence-electron chi connectivity index (χ1n) is 10.4. The van der Waals surface area contributed by atoms with E-state index < -0.39 is 11.9 Å². The van der Waals surface area contributed by atoms with Crippen LogP contribution in [0.2, 0.25) is 0 Å². The van der Waals surface area contributed by atoms with Gasteiger partial charge in [0.25, 0.3) is 0 Å². The van der Waals surface area contributed by atoms with Crippen molar-refractivity contribution in [3.8, 4) is 23.1 Å². The lowest BCUT2D eigenvalue weighted by Crippen LogP contribution is -2.09. The summed E-state index contributed by atoms with van der Waals surface area (Å²) < 4.78 is 13.2. The standard InChI is InChI=1S/C23H24N4O5S/c1-13(2)31-6-4-5-27-21(18(11-24)20-22(27)23(33)26-12-25-20)16-7-15(9-19(29)30)8-17(10-16)32-14(3)28/h7-8,10,12-13H,4-6,9H2,1-3H3,(H,29,30)(H,25,26,33). The highest BCUT2D eigenvalue weighted by atomic mass is 32.1. The number of ether oxygens (including phenoxy) is 2. The molecule has 1 aromatic carbocycles. The van der Waals surface area contributed by atoms with E-state index in [4.69, 9.17) is 21.7 Å². The summed E-state index contributed by atoms with van der Waals surface area (Å²) in [5, 5.41) is 19.3. The number of fused-ring (bicyclic) bond motifs is 1. The first kappa shape index (κ1) is 24.1. The van der Waals surface area contributed by atoms with Gasteiger partial charge in [0.15, 0.2) is 0 Å². The molecule has 3 aromatic rings. The summed E-state index contributed by atoms with van der Waals surface area (Å²) in [6, 6.07) is 6.99. The van der Waals surface area contributed by atoms with Crippen molar-refractivity contribution in [3.63, 3.8) is 0 Å². The molecule has 2 heterocycles. The Bertz CT molecular complexity index is 1270. The maximum Gasteiger partial charge on any atom is 0.308 e. The van der Waals surface area contributed by atoms with Crippen LogP contribution < -0.4 is 4.74 Å². The van der Waals surface area contributed by atoms with Crippen molar-refractivity contribution in [1.29, 1.82) is 5.26 Å². The van der Waals surface area contributed by atoms with Crippen molar-refractivity contribution in [2.24, 2.45) is 0 Å². The lowest BCUT2D eigenvalue weighted by atomic mass is 10.0. The number of nitriles is 1. The summed E-state index contributed by atoms with van der Waals surface area (Å²) in [7, 11) is 0. The first-order chi connectivity index (χ1) is 15.7. The van der Waals surface area contributed by atoms with Crippen LogP contribution in [-0.2, 0) is 27.3 Å². The number of aromatic amines is 1. The maximum atomic E-state index is 11.6. The Morgan fingerprint density at radius 2 is 2.09 bits per heavy atom. The van der Waals surface area contributed by atoms with Gasteiger partial charge in [-0.15, -0.1) is 0 Å². The fourth-order valence-corrected chi connectivity index (χ4v) is 3.91. The monoisotopic (exact) mass is 468 g/mol. The fourth-order valence-electron chi connectivity index (χ4n) is 3.66. The van der Waals surface area contributed by atoms with E-state index in [-0.39, 0.29) is 18.3 Å². The van der Waals surface area contributed by atoms with E-state index >= 15 is 0 Å². The molecule has 0 bridgehead atoms. The number of carbonyl (C=O) groups excluding carboxylic acids is 1. The van der Waals surface area contributed by atoms with E-state index in [2.05, 4.69) is 16.0 Å². The van der Waals surface area contributed by atoms with Crippen molar-refractivity contribution >= 4 is 35.2 Å². The Morgan fingerprint density at radius 3 is 2.73 bits per heavy atom. The van der Waals surface area contributed by atoms with E-state index in [0.717, 1.165) is 0 Å². The van der Waals surface area contributed by atoms with Crippen LogP contribution in [0.25, 0.3) is 22.3 Å². The number of esters is 1. The average Bonchev–Trinajstić information content (AvgIpc) is 3.04. The number of carbonyl (C=O) groups is 2. The summed E-state index contributed by atoms with van der Waals surface area (Å²) in [4.78, 5) is 30.2. The van der Waals surface area contributed by atoms with Gasteiger partial charge in [-0.05, 0) is 44.0 Å². The predicted octanol–water partition coefficient (Wildman–Crippen LogP) is 4.00. The summed E-state index contributed by atoms with van der Waals surface area (Å²) in [6.45, 7) is 6.16. The van der Waals surface area contributed by atoms with Gasteiger partial charge < -0.3 is 24.1 Å². The molecular formula is C23H24N4O5S. The minimum absolute atomic E-state index is 0.0871. The van der Waals surface area contributed by atoms with Crippen molar-refractivity contribution in [3.05, 3.63) is 40.3 Å². The number of carboxylic acid groups (broad SMARTS) is 1. The van der Waals surface area contributed by atoms with E-state index in [0.29, 0.717) is 57.6 Å². The third kappa shape index (κ3) is 5.63. The number of rotatable bonds is 9. The third-order valence-corrected chi connectivity index (χ3v) is 5.10. The number of H-pyrrole nitrogens is 1. The second-order valence-electron chi connectivity index (χ2n) is 7.72. The molecule has 0 fully saturated rings. The van der Waals surface area contributed by atoms with Crippen LogP contribution in [0.15, 0.2) is 24.5 Å². The number of hydrogen-bond acceptors (Lipinski definition) is 7. The van der Waals surface area contributed by atoms with Gasteiger partial charge >= 0.3 is 11.9 Å². The Morgan fingerprint density at radius 1 is 1.33 bits per heavy atom. The van der Waals surface area contributed by atoms with Gasteiger partial charge in [0.2, 0.25) is 0 Å². The highest BCUT2D eigenvalue weighted by Crippen LogP contribution is 2.35. The quantitative estimate of drug-likeness (QED) is 0.209. The molecular weight excluding hydrogens is 444 g/mol. The van der Waals surface area contributed by atoms with Crippen LogP contribution in [0.4, 0.5) is 0 Å². The van der Waals surface area contributed by atoms with Crippen LogP contribution in [0, 0.1) is 16.0 Å². The Labute approximate surface area is 195 Å². The summed E-state index contributed by atoms with van der Waals surface area (Å²) in [5.41, 5.74) is 2.82. The van der Waals surface area contributed by atoms with Crippen molar-refractivity contribution in [2.75, 3.05) is 6.61 Å². The smallest absolute Gasteiger partial charge is 0.308 e. The molecule has 2 N–H and O–H groups in total. The second-order valence-corrected chi connectivity index (χ2v) is 8.13. The molecule has 0 aliphatic heterocycles. The first-order valence-corrected chi connectivity index (χ1v) is 10.8. The number of aromatic nitrogens is 3. The minimum Gasteiger partial charge on any atom is -0.481 e. The van der Waals surface area contributed by atoms with Gasteiger partial charge in [-0.25, -0.2) is 4.98 Å². The molecule has 0 unspecified atom stereocenters. The summed E-state index contributed by atoms with van der Waals surface area (Å²) in [6.07, 6.45) is 1.90. The molecule has 0 saturated heterocycles. The third-order valence-electron chi connectivity index (χ3n) is 4.79. The van der Waals surface area contributed by atoms with E-state index in [1.165, 1.54) is 19.3 Å². The lowest BCUT2D eigenvalue weighted by Gasteiger charge is -2.14. The van der Waals surface area contributed by atoms with Crippen LogP contribution in [0.1, 0.15) is 38.3 Å². The van der Waals surface area contributed by atoms with E-state index in [9.17, 15) is 20.0 Å². The zero-order chi connectivity index (χ0) is 24.1. The van der Waals surface area contributed by atoms with Gasteiger partial charge in [-0.2, -0.15) is 5.26 Å². The molecule has 0 radical (unpaired) electrons. The van der Waals surface area contributed by atoms with Crippen LogP contribution in [0.5, 0.6) is 5.75 Å². The number of aryl methyl sites for hydroxylation is 1. The SMILES string of the molecule is CC(=O)Oc1cc(CC(=O)O)cc(-c2c(C#N)c3nc[nH]c(=S)c3n2CCCOC(C)C)c1. The fraction of sp³-hybridized carbons (Fsp3) is 0.348. The van der Waals surface area contributed by atoms with E-state index in [1.54, 1.807) is 12.1 Å². The molecule has 172 valence electrons. The number of hydrogen-bond donors (Lipinski definition) is 2. The molecule has 0 saturated carbocycles. The molecule has 0 aliphatic rings. The average molecular weight is 469 g/mol. The summed E-state index contributed by atoms with van der Waals surface area (Å²) in [5.74, 6) is -1.38. The molecule has 10 heteroatoms. The second kappa shape index (κ2) is 10.4. The lowest BCUT2D eigenvalue weighted by molar-refractivity contribution is -0.136. The molecule has 0 atom stereocenters. The number of aliphatic carboxylic acids is 1. The Balaban J connectivity index is 2.24. The highest BCUT2D eigenvalue weighted by Gasteiger charge is 2.22. The highest BCUT2D eigenvalue weighted by molar-refractivity contribution is 7.71. The molecule has 3 rings (SSSR count). The Kier molecular flexibility index (Phi) is 7.58. The minimum atomic E-state index is -1.03. The number of benzene rings is 1. The van der Waals surface area contributed by atoms with Gasteiger partial charge in [-0.3, -0.25) is 9.59 Å². The normalized spacial score (nSPS) is 11.0. The van der Waals surface area contributed by atoms with Crippen LogP contribution in [0.3, 0.4) is 0 Å². The largest absolute Gasteiger partial charge is 0.481 e. The molecule has 0 aliphatic carbocycles. The zero-order valence-electron chi connectivity index (χ0n) is 18.5. The molecule has 0 amide bonds. The van der Waals surface area contributed by atoms with Crippen LogP contribution >= 0.6 is 12.2 Å². The van der Waals surface area contributed by atoms with Crippen LogP contribution in [-0.4, -0.2) is 44.3 Å². The summed E-state index contributed by atoms with van der Waals surface area (Å²) >= 11 is 5.49. The Hall–Kier alpha value is -3.55. The molecule has 33 heavy (non-hydrogen) atoms. The predicted molar refractivity (Wildman–Crippen MR) is 123 cm³/mol. The van der Waals surface area contributed by atoms with Crippen molar-refractivity contribution in [1.82, 2.24) is 14.5 Å². The number of nitrogens with one attached hydrogen (secondary N) is 1. The van der Waals surface area contributed by atoms with Crippen molar-refractivity contribution < 1.29 is 24.2 Å². The van der Waals surface area contributed by atoms with E-state index in [1.807, 2.05) is 18.4 Å². The van der Waals surface area contributed by atoms with Crippen molar-refractivity contribution in [2.45, 2.75) is 46.3 Å². The number of nitrogens with zero attached hydrogens (tertiary/aromatic N) is 3. The van der Waals surface area contributed by atoms with Gasteiger partial charge in [0.05, 0.1) is 24.5 Å². The molecule has 2 aromatic heterocycles. The number of carboxylic acids is 1. The van der Waals surface area contributed by atoms with Gasteiger partial charge in [-0.1, -0.05) is 12.2 Å². The topological polar surface area (TPSA) is 130 Å². The maximum absolute atomic E-state index is 11.6. The van der Waals surface area contributed by atoms with Gasteiger partial charge in [0, 0.05) is 25.6 Å². The van der Waals surface area contributed by atoms with Gasteiger partial charge in [0.1, 0.15) is 33.1 Å². The molecule has 0 spiro atoms. The molecule has 9 nitrogen and oxygen atoms in total.